The van der Waals surface area contributed by atoms with Crippen molar-refractivity contribution in [2.45, 2.75) is 6.54 Å². The van der Waals surface area contributed by atoms with Crippen LogP contribution in [0.3, 0.4) is 0 Å². The Morgan fingerprint density at radius 2 is 2.45 bits per heavy atom. The molecule has 0 aliphatic heterocycles. The topological polar surface area (TPSA) is 66.0 Å². The standard InChI is InChI=1S/C5H10N4O.ClH/c1-10-5-4-7-9(8-5)3-2-6;/h4H,2-3,6H2,1H3;1H. The van der Waals surface area contributed by atoms with Crippen LogP contribution in [-0.4, -0.2) is 28.6 Å². The maximum absolute atomic E-state index is 5.27. The second-order valence-corrected chi connectivity index (χ2v) is 1.77. The van der Waals surface area contributed by atoms with E-state index in [-0.39, 0.29) is 12.4 Å². The Bertz CT molecular complexity index is 202. The van der Waals surface area contributed by atoms with Gasteiger partial charge in [0.1, 0.15) is 6.20 Å². The van der Waals surface area contributed by atoms with E-state index >= 15 is 0 Å². The normalized spacial score (nSPS) is 8.91. The van der Waals surface area contributed by atoms with Crippen molar-refractivity contribution in [3.05, 3.63) is 6.20 Å². The lowest BCUT2D eigenvalue weighted by Crippen LogP contribution is -2.12. The first-order valence-corrected chi connectivity index (χ1v) is 3.01. The number of hydrogen-bond donors (Lipinski definition) is 1. The van der Waals surface area contributed by atoms with E-state index in [1.807, 2.05) is 0 Å². The Kier molecular flexibility index (Phi) is 4.56. The van der Waals surface area contributed by atoms with E-state index in [1.165, 1.54) is 4.80 Å². The second-order valence-electron chi connectivity index (χ2n) is 1.77. The zero-order valence-electron chi connectivity index (χ0n) is 6.23. The van der Waals surface area contributed by atoms with Gasteiger partial charge in [0.15, 0.2) is 0 Å². The number of hydrogen-bond acceptors (Lipinski definition) is 4. The fraction of sp³-hybridized carbons (Fsp3) is 0.600. The zero-order chi connectivity index (χ0) is 7.40. The molecule has 1 aromatic rings. The van der Waals surface area contributed by atoms with Gasteiger partial charge in [0, 0.05) is 6.54 Å². The largest absolute Gasteiger partial charge is 0.479 e. The molecule has 0 radical (unpaired) electrons. The zero-order valence-corrected chi connectivity index (χ0v) is 7.04. The van der Waals surface area contributed by atoms with Crippen molar-refractivity contribution in [1.82, 2.24) is 15.0 Å². The van der Waals surface area contributed by atoms with E-state index in [4.69, 9.17) is 10.5 Å². The molecule has 1 rings (SSSR count). The highest BCUT2D eigenvalue weighted by atomic mass is 35.5. The molecule has 0 aliphatic carbocycles. The van der Waals surface area contributed by atoms with E-state index in [9.17, 15) is 0 Å². The predicted molar refractivity (Wildman–Crippen MR) is 42.9 cm³/mol. The van der Waals surface area contributed by atoms with Gasteiger partial charge in [0.2, 0.25) is 0 Å². The van der Waals surface area contributed by atoms with Crippen molar-refractivity contribution >= 4 is 12.4 Å². The third-order valence-corrected chi connectivity index (χ3v) is 1.05. The van der Waals surface area contributed by atoms with Gasteiger partial charge in [-0.15, -0.1) is 17.5 Å². The highest BCUT2D eigenvalue weighted by Gasteiger charge is 1.95. The number of ether oxygens (including phenoxy) is 1. The van der Waals surface area contributed by atoms with Crippen molar-refractivity contribution in [3.63, 3.8) is 0 Å². The van der Waals surface area contributed by atoms with Gasteiger partial charge in [-0.05, 0) is 0 Å². The molecule has 2 N–H and O–H groups in total. The first-order valence-electron chi connectivity index (χ1n) is 3.01. The molecule has 1 heterocycles. The fourth-order valence-corrected chi connectivity index (χ4v) is 0.598. The van der Waals surface area contributed by atoms with Crippen LogP contribution in [0.25, 0.3) is 0 Å². The number of nitrogens with zero attached hydrogens (tertiary/aromatic N) is 3. The lowest BCUT2D eigenvalue weighted by atomic mass is 10.7. The number of halogens is 1. The van der Waals surface area contributed by atoms with Crippen LogP contribution in [0.5, 0.6) is 5.88 Å². The van der Waals surface area contributed by atoms with Gasteiger partial charge in [-0.1, -0.05) is 0 Å². The minimum absolute atomic E-state index is 0. The molecule has 0 bridgehead atoms. The van der Waals surface area contributed by atoms with E-state index < -0.39 is 0 Å². The molecule has 0 spiro atoms. The molecule has 64 valence electrons. The lowest BCUT2D eigenvalue weighted by molar-refractivity contribution is 0.387. The summed E-state index contributed by atoms with van der Waals surface area (Å²) in [6.07, 6.45) is 1.55. The summed E-state index contributed by atoms with van der Waals surface area (Å²) in [6.45, 7) is 1.17. The molecule has 0 aliphatic rings. The Labute approximate surface area is 70.9 Å². The summed E-state index contributed by atoms with van der Waals surface area (Å²) in [5, 5.41) is 7.80. The number of aromatic nitrogens is 3. The van der Waals surface area contributed by atoms with Crippen molar-refractivity contribution in [3.8, 4) is 5.88 Å². The van der Waals surface area contributed by atoms with Crippen LogP contribution in [-0.2, 0) is 6.54 Å². The van der Waals surface area contributed by atoms with Crippen LogP contribution in [0.1, 0.15) is 0 Å². The summed E-state index contributed by atoms with van der Waals surface area (Å²) in [6, 6.07) is 0. The van der Waals surface area contributed by atoms with Gasteiger partial charge in [-0.2, -0.15) is 9.90 Å². The fourth-order valence-electron chi connectivity index (χ4n) is 0.598. The van der Waals surface area contributed by atoms with Crippen LogP contribution in [0.2, 0.25) is 0 Å². The maximum atomic E-state index is 5.27. The first kappa shape index (κ1) is 10.2. The third-order valence-electron chi connectivity index (χ3n) is 1.05. The van der Waals surface area contributed by atoms with Gasteiger partial charge in [0.05, 0.1) is 13.7 Å². The molecule has 0 fully saturated rings. The molecule has 0 amide bonds. The number of rotatable bonds is 3. The predicted octanol–water partition coefficient (Wildman–Crippen LogP) is -0.333. The molecule has 0 saturated carbocycles. The quantitative estimate of drug-likeness (QED) is 0.688. The van der Waals surface area contributed by atoms with Crippen LogP contribution in [0.4, 0.5) is 0 Å². The van der Waals surface area contributed by atoms with Crippen LogP contribution < -0.4 is 10.5 Å². The molecule has 0 aromatic carbocycles. The highest BCUT2D eigenvalue weighted by molar-refractivity contribution is 5.85. The minimum Gasteiger partial charge on any atom is -0.479 e. The molecule has 6 heteroatoms. The summed E-state index contributed by atoms with van der Waals surface area (Å²) in [5.74, 6) is 0.522. The van der Waals surface area contributed by atoms with Crippen LogP contribution >= 0.6 is 12.4 Å². The third kappa shape index (κ3) is 2.73. The molecule has 1 aromatic heterocycles. The molecule has 11 heavy (non-hydrogen) atoms. The smallest absolute Gasteiger partial charge is 0.253 e. The van der Waals surface area contributed by atoms with Gasteiger partial charge in [0.25, 0.3) is 5.88 Å². The summed E-state index contributed by atoms with van der Waals surface area (Å²) in [4.78, 5) is 1.50. The molecule has 5 nitrogen and oxygen atoms in total. The first-order chi connectivity index (χ1) is 4.86. The molecule has 0 unspecified atom stereocenters. The Morgan fingerprint density at radius 1 is 1.73 bits per heavy atom. The van der Waals surface area contributed by atoms with Crippen molar-refractivity contribution in [2.24, 2.45) is 5.73 Å². The maximum Gasteiger partial charge on any atom is 0.253 e. The summed E-state index contributed by atoms with van der Waals surface area (Å²) < 4.78 is 4.81. The summed E-state index contributed by atoms with van der Waals surface area (Å²) in [7, 11) is 1.55. The van der Waals surface area contributed by atoms with Crippen LogP contribution in [0.15, 0.2) is 6.20 Å². The van der Waals surface area contributed by atoms with Gasteiger partial charge in [-0.25, -0.2) is 0 Å². The van der Waals surface area contributed by atoms with Gasteiger partial charge < -0.3 is 10.5 Å². The average molecular weight is 179 g/mol. The highest BCUT2D eigenvalue weighted by Crippen LogP contribution is 1.98. The number of methoxy groups -OCH3 is 1. The molecular formula is C5H11ClN4O. The van der Waals surface area contributed by atoms with E-state index in [0.29, 0.717) is 19.0 Å². The van der Waals surface area contributed by atoms with E-state index in [0.717, 1.165) is 0 Å². The molecule has 0 atom stereocenters. The SMILES string of the molecule is COc1cnn(CCN)n1.Cl. The Hall–Kier alpha value is -0.810. The van der Waals surface area contributed by atoms with Crippen molar-refractivity contribution < 1.29 is 4.74 Å². The van der Waals surface area contributed by atoms with E-state index in [1.54, 1.807) is 13.3 Å². The Balaban J connectivity index is 0.000001000. The number of nitrogens with two attached hydrogens (primary N) is 1. The molecule has 0 saturated heterocycles. The minimum atomic E-state index is 0. The van der Waals surface area contributed by atoms with Gasteiger partial charge >= 0.3 is 0 Å². The van der Waals surface area contributed by atoms with Crippen molar-refractivity contribution in [1.29, 1.82) is 0 Å². The van der Waals surface area contributed by atoms with Crippen molar-refractivity contribution in [2.75, 3.05) is 13.7 Å². The van der Waals surface area contributed by atoms with E-state index in [2.05, 4.69) is 10.2 Å². The van der Waals surface area contributed by atoms with Gasteiger partial charge in [-0.3, -0.25) is 0 Å². The average Bonchev–Trinajstić information content (AvgIpc) is 2.37. The second kappa shape index (κ2) is 4.92. The Morgan fingerprint density at radius 3 is 2.91 bits per heavy atom. The summed E-state index contributed by atoms with van der Waals surface area (Å²) in [5.41, 5.74) is 5.27. The molecular weight excluding hydrogens is 168 g/mol. The van der Waals surface area contributed by atoms with Crippen LogP contribution in [0, 0.1) is 0 Å². The summed E-state index contributed by atoms with van der Waals surface area (Å²) >= 11 is 0. The monoisotopic (exact) mass is 178 g/mol. The lowest BCUT2D eigenvalue weighted by Gasteiger charge is -1.92.